The topological polar surface area (TPSA) is 252 Å². The summed E-state index contributed by atoms with van der Waals surface area (Å²) in [6.07, 6.45) is 9.23. The fourth-order valence-electron chi connectivity index (χ4n) is 17.1. The minimum atomic E-state index is -1.27. The number of aromatic nitrogens is 6. The number of benzene rings is 3. The molecule has 0 saturated carbocycles. The van der Waals surface area contributed by atoms with E-state index in [-0.39, 0.29) is 43.3 Å². The molecule has 0 radical (unpaired) electrons. The van der Waals surface area contributed by atoms with Crippen LogP contribution in [0.4, 0.5) is 13.2 Å². The van der Waals surface area contributed by atoms with E-state index >= 15 is 13.2 Å². The molecule has 0 bridgehead atoms. The summed E-state index contributed by atoms with van der Waals surface area (Å²) in [7, 11) is 8.46. The van der Waals surface area contributed by atoms with Crippen LogP contribution in [0.5, 0.6) is 17.2 Å². The number of ether oxygens (including phenoxy) is 8. The molecule has 3 atom stereocenters. The average Bonchev–Trinajstić information content (AvgIpc) is 1.67. The number of rotatable bonds is 17. The molecule has 628 valence electrons. The van der Waals surface area contributed by atoms with Gasteiger partial charge in [0.2, 0.25) is 0 Å². The number of fused-ring (bicyclic) bond motifs is 6. The molecule has 22 nitrogen and oxygen atoms in total. The van der Waals surface area contributed by atoms with Crippen molar-refractivity contribution >= 4 is 57.3 Å². The van der Waals surface area contributed by atoms with Crippen LogP contribution in [-0.4, -0.2) is 150 Å². The van der Waals surface area contributed by atoms with Crippen LogP contribution in [0.25, 0.3) is 66.5 Å². The van der Waals surface area contributed by atoms with Crippen LogP contribution in [0.1, 0.15) is 235 Å². The number of nitrogens with zero attached hydrogens (tertiary/aromatic N) is 8. The van der Waals surface area contributed by atoms with Gasteiger partial charge in [0, 0.05) is 129 Å². The van der Waals surface area contributed by atoms with E-state index in [2.05, 4.69) is 31.1 Å². The van der Waals surface area contributed by atoms with Crippen LogP contribution < -0.4 is 33.1 Å². The number of carboxylic acids is 1. The van der Waals surface area contributed by atoms with Gasteiger partial charge in [-0.3, -0.25) is 14.6 Å². The number of hydrogen-bond donors (Lipinski definition) is 1. The smallest absolute Gasteiger partial charge is 0.870 e. The number of piperidine rings is 2. The molecule has 0 spiro atoms. The number of hydrogen-bond acceptors (Lipinski definition) is 18. The van der Waals surface area contributed by atoms with Crippen molar-refractivity contribution in [2.24, 2.45) is 21.1 Å². The number of aryl methyl sites for hydroxylation is 6. The molecule has 5 aliphatic rings. The largest absolute Gasteiger partial charge is 1.00 e. The number of methoxy groups -OCH3 is 2. The molecule has 2 N–H and O–H groups in total. The van der Waals surface area contributed by atoms with Gasteiger partial charge in [-0.05, 0) is 264 Å². The summed E-state index contributed by atoms with van der Waals surface area (Å²) < 4.78 is 98.6. The third-order valence-corrected chi connectivity index (χ3v) is 22.6. The second-order valence-electron chi connectivity index (χ2n) is 34.1. The summed E-state index contributed by atoms with van der Waals surface area (Å²) in [6, 6.07) is 10.5. The Balaban J connectivity index is 0.000000198. The number of halogens is 3. The van der Waals surface area contributed by atoms with Gasteiger partial charge < -0.3 is 62.2 Å². The van der Waals surface area contributed by atoms with Crippen molar-refractivity contribution in [3.63, 3.8) is 0 Å². The van der Waals surface area contributed by atoms with Gasteiger partial charge in [0.15, 0.2) is 59.3 Å². The minimum absolute atomic E-state index is 0. The first-order valence-corrected chi connectivity index (χ1v) is 40.1. The van der Waals surface area contributed by atoms with Gasteiger partial charge in [-0.1, -0.05) is 20.3 Å². The Bertz CT molecular complexity index is 5210. The van der Waals surface area contributed by atoms with Crippen molar-refractivity contribution in [3.05, 3.63) is 138 Å². The molecular weight excluding hydrogens is 1490 g/mol. The van der Waals surface area contributed by atoms with Crippen LogP contribution in [-0.2, 0) is 91.6 Å². The second-order valence-corrected chi connectivity index (χ2v) is 34.1. The number of pyridine rings is 3. The first-order chi connectivity index (χ1) is 53.9. The van der Waals surface area contributed by atoms with Gasteiger partial charge in [-0.2, -0.15) is 0 Å². The number of carbonyl (C=O) groups is 4. The number of aliphatic carboxylic acids is 1. The standard InChI is InChI=1S/C32H42FN3O4.C31H40FN3O4.C27H31FN2O5.CH4.Li.H2O/c1-19-22-12-11-15-39-28(22)25(33)17-23(19)27-24-16-21(18-36-13-9-8-10-14-36)35(6)30(24)34-20(2)26(27)29(31(37)38-7)40-32(3,4)5;1-18-21-11-10-14-38-27(21)24(32)16-22(18)26-23-15-20(17-35-12-8-7-9-13-35)34(6)29(23)33-19(2)25(26)28(30(36)37)39-31(3,4)5;1-14-17-9-8-10-34-23(17)20(28)12-18(14)22-19-11-16(13-31)30(6)25(19)29-15(2)21(22)24(26(32)33-7)35-27(3,4)5;;;/h16-17,29H,8-15,18H2,1-7H3;15-16,28H,7-14,17H2,1-6H3,(H,36,37);11-13,24H,8-10H2,1-7H3;1H4;;1H2/q;;;;+1;/p-1/t29-;28-;24-;;;/m000.../s1. The quantitative estimate of drug-likeness (QED) is 0.0505. The van der Waals surface area contributed by atoms with Crippen molar-refractivity contribution in [1.29, 1.82) is 0 Å². The third-order valence-electron chi connectivity index (χ3n) is 22.6. The van der Waals surface area contributed by atoms with Crippen LogP contribution >= 0.6 is 0 Å². The van der Waals surface area contributed by atoms with Crippen molar-refractivity contribution in [1.82, 2.24) is 38.5 Å². The molecule has 0 amide bonds. The van der Waals surface area contributed by atoms with E-state index < -0.39 is 64.7 Å². The number of carbonyl (C=O) groups excluding carboxylic acids is 3. The summed E-state index contributed by atoms with van der Waals surface area (Å²) >= 11 is 0. The summed E-state index contributed by atoms with van der Waals surface area (Å²) in [5, 5.41) is 12.7. The van der Waals surface area contributed by atoms with Gasteiger partial charge in [0.05, 0.1) is 56.5 Å². The predicted octanol–water partition coefficient (Wildman–Crippen LogP) is 15.2. The zero-order chi connectivity index (χ0) is 82.5. The normalized spacial score (nSPS) is 15.9. The van der Waals surface area contributed by atoms with Crippen LogP contribution in [0, 0.1) is 59.0 Å². The first-order valence-electron chi connectivity index (χ1n) is 40.1. The van der Waals surface area contributed by atoms with Gasteiger partial charge in [0.1, 0.15) is 16.9 Å². The van der Waals surface area contributed by atoms with E-state index in [0.717, 1.165) is 149 Å². The van der Waals surface area contributed by atoms with E-state index in [1.165, 1.54) is 64.9 Å². The molecule has 2 fully saturated rings. The van der Waals surface area contributed by atoms with Crippen molar-refractivity contribution < 1.29 is 99.7 Å². The molecule has 0 aliphatic carbocycles. The predicted molar refractivity (Wildman–Crippen MR) is 443 cm³/mol. The molecule has 3 aromatic carbocycles. The van der Waals surface area contributed by atoms with E-state index in [4.69, 9.17) is 52.8 Å². The molecule has 14 rings (SSSR count). The number of esters is 2. The van der Waals surface area contributed by atoms with Crippen LogP contribution in [0.2, 0.25) is 0 Å². The molecule has 11 heterocycles. The van der Waals surface area contributed by atoms with Gasteiger partial charge in [0.25, 0.3) is 0 Å². The maximum atomic E-state index is 15.6. The Morgan fingerprint density at radius 1 is 0.479 bits per heavy atom. The summed E-state index contributed by atoms with van der Waals surface area (Å²) in [6.45, 7) is 35.5. The molecule has 2 saturated heterocycles. The van der Waals surface area contributed by atoms with Gasteiger partial charge >= 0.3 is 36.8 Å². The zero-order valence-electron chi connectivity index (χ0n) is 71.6. The molecule has 6 aromatic heterocycles. The van der Waals surface area contributed by atoms with Crippen LogP contribution in [0.15, 0.2) is 36.4 Å². The maximum absolute atomic E-state index is 15.6. The monoisotopic (exact) mass is 1610 g/mol. The maximum Gasteiger partial charge on any atom is 1.00 e. The number of carboxylic acid groups (broad SMARTS) is 1. The fourth-order valence-corrected chi connectivity index (χ4v) is 17.1. The summed E-state index contributed by atoms with van der Waals surface area (Å²) in [5.41, 5.74) is 15.3. The Morgan fingerprint density at radius 2 is 0.778 bits per heavy atom. The molecule has 117 heavy (non-hydrogen) atoms. The SMILES string of the molecule is C.COC(=O)[C@@H](OC(C)(C)C)c1c(C)nc2c(cc(C=O)n2C)c1-c1cc(F)c2c(c1C)CCCO2.COC(=O)[C@@H](OC(C)(C)C)c1c(C)nc2c(cc(CN3CCCCC3)n2C)c1-c1cc(F)c2c(c1C)CCCO2.Cc1nc2c(cc(CN3CCCCC3)n2C)c(-c2cc(F)c3c(c2C)CCCO3)c1[C@H](OC(C)(C)C)C(=O)O.[Li+].[OH-]. The Morgan fingerprint density at radius 3 is 1.08 bits per heavy atom. The van der Waals surface area contributed by atoms with Gasteiger partial charge in [-0.25, -0.2) is 42.5 Å². The van der Waals surface area contributed by atoms with E-state index in [1.54, 1.807) is 30.7 Å². The molecule has 5 aliphatic heterocycles. The number of aldehydes is 1. The fraction of sp³-hybridized carbons (Fsp3) is 0.527. The Hall–Kier alpha value is -8.64. The molecule has 9 aromatic rings. The van der Waals surface area contributed by atoms with E-state index in [9.17, 15) is 24.3 Å². The van der Waals surface area contributed by atoms with E-state index in [1.807, 2.05) is 111 Å². The first kappa shape index (κ1) is 92.2. The molecule has 0 unspecified atom stereocenters. The second kappa shape index (κ2) is 37.3. The van der Waals surface area contributed by atoms with Gasteiger partial charge in [-0.15, -0.1) is 0 Å². The van der Waals surface area contributed by atoms with Crippen molar-refractivity contribution in [3.8, 4) is 50.6 Å². The average molecular weight is 1610 g/mol. The minimum Gasteiger partial charge on any atom is -0.870 e. The van der Waals surface area contributed by atoms with Crippen LogP contribution in [0.3, 0.4) is 0 Å². The summed E-state index contributed by atoms with van der Waals surface area (Å²) in [5.74, 6) is -2.55. The van der Waals surface area contributed by atoms with E-state index in [0.29, 0.717) is 117 Å². The molecule has 26 heteroatoms. The van der Waals surface area contributed by atoms with Crippen molar-refractivity contribution in [2.45, 2.75) is 237 Å². The molecular formula is C91H118F3LiN8O14. The van der Waals surface area contributed by atoms with Crippen molar-refractivity contribution in [2.75, 3.05) is 60.2 Å². The zero-order valence-corrected chi connectivity index (χ0v) is 71.6. The Labute approximate surface area is 698 Å². The Kier molecular flexibility index (Phi) is 29.4. The summed E-state index contributed by atoms with van der Waals surface area (Å²) in [4.78, 5) is 70.5. The third kappa shape index (κ3) is 19.2. The number of likely N-dealkylation sites (tertiary alicyclic amines) is 2.